The second kappa shape index (κ2) is 8.92. The summed E-state index contributed by atoms with van der Waals surface area (Å²) in [6.45, 7) is 0.997. The molecule has 0 atom stereocenters. The van der Waals surface area contributed by atoms with Gasteiger partial charge in [0.15, 0.2) is 0 Å². The first kappa shape index (κ1) is 23.8. The summed E-state index contributed by atoms with van der Waals surface area (Å²) >= 11 is 0. The number of sulfonamides is 1. The molecule has 5 rings (SSSR count). The van der Waals surface area contributed by atoms with Gasteiger partial charge in [-0.05, 0) is 48.7 Å². The predicted molar refractivity (Wildman–Crippen MR) is 128 cm³/mol. The number of pyridine rings is 1. The van der Waals surface area contributed by atoms with Crippen molar-refractivity contribution in [2.75, 3.05) is 13.1 Å². The topological polar surface area (TPSA) is 126 Å². The molecule has 0 saturated carbocycles. The minimum Gasteiger partial charge on any atom is -0.366 e. The molecule has 0 spiro atoms. The number of nitrogens with zero attached hydrogens (tertiary/aromatic N) is 2. The molecule has 4 aromatic rings. The molecular weight excluding hydrogens is 490 g/mol. The first-order valence-corrected chi connectivity index (χ1v) is 12.5. The lowest BCUT2D eigenvalue weighted by Gasteiger charge is -2.15. The van der Waals surface area contributed by atoms with Crippen LogP contribution in [0.4, 0.5) is 8.78 Å². The van der Waals surface area contributed by atoms with Crippen molar-refractivity contribution in [1.29, 1.82) is 0 Å². The zero-order valence-corrected chi connectivity index (χ0v) is 19.6. The van der Waals surface area contributed by atoms with Crippen molar-refractivity contribution >= 4 is 32.7 Å². The van der Waals surface area contributed by atoms with E-state index in [1.807, 2.05) is 0 Å². The largest absolute Gasteiger partial charge is 0.366 e. The lowest BCUT2D eigenvalue weighted by atomic mass is 9.98. The number of rotatable bonds is 6. The molecule has 184 valence electrons. The highest BCUT2D eigenvalue weighted by molar-refractivity contribution is 7.89. The van der Waals surface area contributed by atoms with Crippen LogP contribution >= 0.6 is 0 Å². The number of primary amides is 1. The highest BCUT2D eigenvalue weighted by Gasteiger charge is 2.28. The van der Waals surface area contributed by atoms with Crippen LogP contribution in [0.5, 0.6) is 0 Å². The summed E-state index contributed by atoms with van der Waals surface area (Å²) in [7, 11) is -3.57. The van der Waals surface area contributed by atoms with E-state index in [0.29, 0.717) is 35.2 Å². The average Bonchev–Trinajstić information content (AvgIpc) is 3.54. The number of halogens is 2. The summed E-state index contributed by atoms with van der Waals surface area (Å²) in [5.41, 5.74) is 5.10. The number of ketones is 1. The maximum absolute atomic E-state index is 14.8. The molecule has 8 nitrogen and oxygen atoms in total. The van der Waals surface area contributed by atoms with Crippen molar-refractivity contribution in [3.63, 3.8) is 0 Å². The van der Waals surface area contributed by atoms with E-state index in [2.05, 4.69) is 9.97 Å². The van der Waals surface area contributed by atoms with Crippen LogP contribution in [0.1, 0.15) is 39.1 Å². The molecule has 1 aliphatic heterocycles. The Balaban J connectivity index is 1.52. The number of nitrogens with two attached hydrogens (primary N) is 1. The Hall–Kier alpha value is -3.96. The van der Waals surface area contributed by atoms with Crippen molar-refractivity contribution < 1.29 is 26.8 Å². The summed E-state index contributed by atoms with van der Waals surface area (Å²) in [6, 6.07) is 9.60. The highest BCUT2D eigenvalue weighted by Crippen LogP contribution is 2.29. The van der Waals surface area contributed by atoms with Crippen LogP contribution in [0, 0.1) is 11.6 Å². The van der Waals surface area contributed by atoms with Crippen LogP contribution < -0.4 is 5.73 Å². The van der Waals surface area contributed by atoms with Gasteiger partial charge in [-0.3, -0.25) is 9.59 Å². The molecule has 1 fully saturated rings. The summed E-state index contributed by atoms with van der Waals surface area (Å²) in [4.78, 5) is 31.8. The van der Waals surface area contributed by atoms with E-state index in [4.69, 9.17) is 5.73 Å². The Morgan fingerprint density at radius 1 is 0.972 bits per heavy atom. The average molecular weight is 511 g/mol. The quantitative estimate of drug-likeness (QED) is 0.383. The Morgan fingerprint density at radius 2 is 1.67 bits per heavy atom. The number of fused-ring (bicyclic) bond motifs is 1. The van der Waals surface area contributed by atoms with Gasteiger partial charge in [0.25, 0.3) is 5.91 Å². The fourth-order valence-corrected chi connectivity index (χ4v) is 5.85. The van der Waals surface area contributed by atoms with E-state index >= 15 is 0 Å². The van der Waals surface area contributed by atoms with E-state index in [0.717, 1.165) is 25.0 Å². The monoisotopic (exact) mass is 510 g/mol. The van der Waals surface area contributed by atoms with Gasteiger partial charge in [0.1, 0.15) is 17.3 Å². The van der Waals surface area contributed by atoms with Gasteiger partial charge in [-0.1, -0.05) is 12.1 Å². The molecule has 0 bridgehead atoms. The molecule has 3 heterocycles. The fraction of sp³-hybridized carbons (Fsp3) is 0.160. The summed E-state index contributed by atoms with van der Waals surface area (Å²) in [6.07, 6.45) is 4.49. The molecule has 0 unspecified atom stereocenters. The number of carbonyl (C=O) groups is 2. The van der Waals surface area contributed by atoms with Crippen LogP contribution in [-0.4, -0.2) is 47.5 Å². The summed E-state index contributed by atoms with van der Waals surface area (Å²) in [5, 5.41) is 0.301. The van der Waals surface area contributed by atoms with Crippen LogP contribution in [0.2, 0.25) is 0 Å². The third-order valence-corrected chi connectivity index (χ3v) is 8.16. The number of carbonyl (C=O) groups excluding carboxylic acids is 2. The molecule has 0 aliphatic carbocycles. The second-order valence-corrected chi connectivity index (χ2v) is 10.4. The van der Waals surface area contributed by atoms with Crippen LogP contribution in [0.3, 0.4) is 0 Å². The van der Waals surface area contributed by atoms with Crippen molar-refractivity contribution in [3.8, 4) is 11.1 Å². The van der Waals surface area contributed by atoms with Crippen molar-refractivity contribution in [1.82, 2.24) is 14.3 Å². The second-order valence-electron chi connectivity index (χ2n) is 8.44. The Bertz CT molecular complexity index is 1630. The van der Waals surface area contributed by atoms with E-state index in [1.54, 1.807) is 18.2 Å². The Labute approximate surface area is 204 Å². The molecule has 1 amide bonds. The molecule has 2 aromatic carbocycles. The standard InChI is InChI=1S/C25H20F2N4O4S/c26-20-8-7-17(24(28)33)22(27)21(20)23(32)19-13-30-25-18(19)11-15(12-29-25)14-3-5-16(6-4-14)36(34,35)31-9-1-2-10-31/h3-8,11-13H,1-2,9-10H2,(H2,28,33)(H,29,30). The summed E-state index contributed by atoms with van der Waals surface area (Å²) < 4.78 is 56.2. The zero-order valence-electron chi connectivity index (χ0n) is 18.8. The first-order chi connectivity index (χ1) is 17.2. The van der Waals surface area contributed by atoms with Crippen LogP contribution in [0.15, 0.2) is 59.8 Å². The molecule has 11 heteroatoms. The van der Waals surface area contributed by atoms with Crippen molar-refractivity contribution in [2.45, 2.75) is 17.7 Å². The summed E-state index contributed by atoms with van der Waals surface area (Å²) in [5.74, 6) is -4.57. The maximum atomic E-state index is 14.8. The molecule has 0 radical (unpaired) electrons. The number of hydrogen-bond donors (Lipinski definition) is 2. The van der Waals surface area contributed by atoms with Gasteiger partial charge >= 0.3 is 0 Å². The number of aromatic amines is 1. The number of amides is 1. The minimum atomic E-state index is -3.57. The zero-order chi connectivity index (χ0) is 25.6. The van der Waals surface area contributed by atoms with E-state index < -0.39 is 44.5 Å². The van der Waals surface area contributed by atoms with E-state index in [1.165, 1.54) is 28.8 Å². The van der Waals surface area contributed by atoms with Gasteiger partial charge in [-0.15, -0.1) is 0 Å². The third-order valence-electron chi connectivity index (χ3n) is 6.25. The number of hydrogen-bond acceptors (Lipinski definition) is 5. The Morgan fingerprint density at radius 3 is 2.33 bits per heavy atom. The van der Waals surface area contributed by atoms with Gasteiger partial charge in [-0.25, -0.2) is 22.2 Å². The minimum absolute atomic E-state index is 0.0491. The molecule has 36 heavy (non-hydrogen) atoms. The third kappa shape index (κ3) is 3.95. The molecule has 1 aliphatic rings. The van der Waals surface area contributed by atoms with Gasteiger partial charge < -0.3 is 10.7 Å². The number of benzene rings is 2. The predicted octanol–water partition coefficient (Wildman–Crippen LogP) is 3.62. The van der Waals surface area contributed by atoms with Gasteiger partial charge in [0, 0.05) is 42.0 Å². The number of aromatic nitrogens is 2. The highest BCUT2D eigenvalue weighted by atomic mass is 32.2. The molecule has 3 N–H and O–H groups in total. The lowest BCUT2D eigenvalue weighted by Crippen LogP contribution is -2.27. The molecule has 2 aromatic heterocycles. The SMILES string of the molecule is NC(=O)c1ccc(F)c(C(=O)c2c[nH]c3ncc(-c4ccc(S(=O)(=O)N5CCCC5)cc4)cc23)c1F. The van der Waals surface area contributed by atoms with E-state index in [-0.39, 0.29) is 10.5 Å². The van der Waals surface area contributed by atoms with Crippen LogP contribution in [-0.2, 0) is 10.0 Å². The van der Waals surface area contributed by atoms with Crippen LogP contribution in [0.25, 0.3) is 22.2 Å². The Kier molecular flexibility index (Phi) is 5.89. The van der Waals surface area contributed by atoms with Gasteiger partial charge in [0.2, 0.25) is 15.8 Å². The molecular formula is C25H20F2N4O4S. The normalized spacial score (nSPS) is 14.4. The molecule has 1 saturated heterocycles. The maximum Gasteiger partial charge on any atom is 0.251 e. The van der Waals surface area contributed by atoms with Gasteiger partial charge in [-0.2, -0.15) is 4.31 Å². The number of H-pyrrole nitrogens is 1. The lowest BCUT2D eigenvalue weighted by molar-refractivity contribution is 0.0996. The van der Waals surface area contributed by atoms with E-state index in [9.17, 15) is 26.8 Å². The van der Waals surface area contributed by atoms with Gasteiger partial charge in [0.05, 0.1) is 16.0 Å². The first-order valence-electron chi connectivity index (χ1n) is 11.1. The fourth-order valence-electron chi connectivity index (χ4n) is 4.33. The number of nitrogens with one attached hydrogen (secondary N) is 1. The van der Waals surface area contributed by atoms with Crippen molar-refractivity contribution in [2.24, 2.45) is 5.73 Å². The smallest absolute Gasteiger partial charge is 0.251 e. The van der Waals surface area contributed by atoms with Crippen molar-refractivity contribution in [3.05, 3.63) is 83.2 Å².